The molecule has 2 heterocycles. The van der Waals surface area contributed by atoms with Gasteiger partial charge in [-0.1, -0.05) is 17.4 Å². The number of hydrogen-bond donors (Lipinski definition) is 0. The molecule has 0 spiro atoms. The molecule has 0 aliphatic carbocycles. The summed E-state index contributed by atoms with van der Waals surface area (Å²) in [6.07, 6.45) is 0.0201. The van der Waals surface area contributed by atoms with Gasteiger partial charge in [-0.2, -0.15) is 4.99 Å². The zero-order chi connectivity index (χ0) is 20.5. The summed E-state index contributed by atoms with van der Waals surface area (Å²) in [7, 11) is 1.27. The van der Waals surface area contributed by atoms with Crippen LogP contribution in [-0.2, 0) is 16.1 Å². The quantitative estimate of drug-likeness (QED) is 0.607. The molecule has 3 aromatic rings. The highest BCUT2D eigenvalue weighted by Crippen LogP contribution is 2.37. The molecule has 7 nitrogen and oxygen atoms in total. The van der Waals surface area contributed by atoms with E-state index in [4.69, 9.17) is 9.47 Å². The number of aromatic nitrogens is 1. The highest BCUT2D eigenvalue weighted by Gasteiger charge is 2.20. The largest absolute Gasteiger partial charge is 0.469 e. The number of fused-ring (bicyclic) bond motifs is 2. The van der Waals surface area contributed by atoms with Gasteiger partial charge in [0.2, 0.25) is 6.79 Å². The molecule has 1 amide bonds. The van der Waals surface area contributed by atoms with Gasteiger partial charge in [0, 0.05) is 18.7 Å². The fraction of sp³-hybridized carbons (Fsp3) is 0.211. The third-order valence-electron chi connectivity index (χ3n) is 4.32. The van der Waals surface area contributed by atoms with Crippen molar-refractivity contribution in [1.82, 2.24) is 4.57 Å². The molecule has 0 bridgehead atoms. The summed E-state index contributed by atoms with van der Waals surface area (Å²) < 4.78 is 45.6. The van der Waals surface area contributed by atoms with E-state index < -0.39 is 29.1 Å². The average molecular weight is 420 g/mol. The van der Waals surface area contributed by atoms with Gasteiger partial charge in [0.25, 0.3) is 5.91 Å². The maximum absolute atomic E-state index is 13.9. The first-order valence-electron chi connectivity index (χ1n) is 8.51. The normalized spacial score (nSPS) is 13.1. The number of rotatable bonds is 4. The van der Waals surface area contributed by atoms with Gasteiger partial charge in [-0.25, -0.2) is 8.78 Å². The first-order valence-corrected chi connectivity index (χ1v) is 9.32. The van der Waals surface area contributed by atoms with Gasteiger partial charge >= 0.3 is 5.97 Å². The van der Waals surface area contributed by atoms with Crippen molar-refractivity contribution in [3.63, 3.8) is 0 Å². The van der Waals surface area contributed by atoms with Crippen molar-refractivity contribution in [2.75, 3.05) is 13.9 Å². The van der Waals surface area contributed by atoms with E-state index in [1.54, 1.807) is 16.7 Å². The standard InChI is InChI=1S/C19H14F2N2O5S/c1-26-16(24)5-6-23-12-7-13-14(28-9-27-13)8-15(12)29-19(23)22-18(25)17-10(20)3-2-4-11(17)21/h2-4,7-8H,5-6,9H2,1H3. The molecule has 10 heteroatoms. The van der Waals surface area contributed by atoms with Crippen LogP contribution in [-0.4, -0.2) is 30.3 Å². The van der Waals surface area contributed by atoms with Crippen LogP contribution in [0.2, 0.25) is 0 Å². The minimum atomic E-state index is -1.06. The summed E-state index contributed by atoms with van der Waals surface area (Å²) in [5.41, 5.74) is -0.0951. The van der Waals surface area contributed by atoms with Gasteiger partial charge in [0.1, 0.15) is 17.2 Å². The Labute approximate surface area is 166 Å². The minimum Gasteiger partial charge on any atom is -0.469 e. The Kier molecular flexibility index (Phi) is 5.01. The minimum absolute atomic E-state index is 0.0201. The zero-order valence-corrected chi connectivity index (χ0v) is 15.9. The molecule has 29 heavy (non-hydrogen) atoms. The van der Waals surface area contributed by atoms with Gasteiger partial charge in [-0.15, -0.1) is 0 Å². The number of benzene rings is 2. The highest BCUT2D eigenvalue weighted by molar-refractivity contribution is 7.16. The molecule has 1 aliphatic heterocycles. The van der Waals surface area contributed by atoms with Crippen molar-refractivity contribution in [3.05, 3.63) is 52.3 Å². The molecule has 0 saturated carbocycles. The van der Waals surface area contributed by atoms with Gasteiger partial charge in [-0.3, -0.25) is 9.59 Å². The van der Waals surface area contributed by atoms with Crippen LogP contribution in [0, 0.1) is 11.6 Å². The van der Waals surface area contributed by atoms with Crippen LogP contribution in [0.25, 0.3) is 10.2 Å². The Morgan fingerprint density at radius 1 is 1.21 bits per heavy atom. The van der Waals surface area contributed by atoms with Crippen LogP contribution in [0.3, 0.4) is 0 Å². The van der Waals surface area contributed by atoms with Crippen LogP contribution >= 0.6 is 11.3 Å². The van der Waals surface area contributed by atoms with Crippen molar-refractivity contribution in [2.45, 2.75) is 13.0 Å². The number of hydrogen-bond acceptors (Lipinski definition) is 6. The van der Waals surface area contributed by atoms with Crippen molar-refractivity contribution in [3.8, 4) is 11.5 Å². The molecular weight excluding hydrogens is 406 g/mol. The van der Waals surface area contributed by atoms with E-state index >= 15 is 0 Å². The Hall–Kier alpha value is -3.27. The maximum Gasteiger partial charge on any atom is 0.307 e. The second-order valence-electron chi connectivity index (χ2n) is 6.05. The lowest BCUT2D eigenvalue weighted by Gasteiger charge is -2.05. The fourth-order valence-electron chi connectivity index (χ4n) is 2.91. The summed E-state index contributed by atoms with van der Waals surface area (Å²) in [5, 5.41) is 0. The number of carbonyl (C=O) groups is 2. The van der Waals surface area contributed by atoms with E-state index in [-0.39, 0.29) is 24.6 Å². The summed E-state index contributed by atoms with van der Waals surface area (Å²) in [5.74, 6) is -2.45. The van der Waals surface area contributed by atoms with Crippen LogP contribution in [0.1, 0.15) is 16.8 Å². The zero-order valence-electron chi connectivity index (χ0n) is 15.1. The Balaban J connectivity index is 1.85. The summed E-state index contributed by atoms with van der Waals surface area (Å²) in [6.45, 7) is 0.245. The monoisotopic (exact) mass is 420 g/mol. The van der Waals surface area contributed by atoms with Crippen molar-refractivity contribution in [1.29, 1.82) is 0 Å². The van der Waals surface area contributed by atoms with E-state index in [1.165, 1.54) is 13.2 Å². The topological polar surface area (TPSA) is 79.1 Å². The highest BCUT2D eigenvalue weighted by atomic mass is 32.1. The molecule has 0 atom stereocenters. The number of halogens is 2. The van der Waals surface area contributed by atoms with Crippen LogP contribution in [0.15, 0.2) is 35.3 Å². The number of nitrogens with zero attached hydrogens (tertiary/aromatic N) is 2. The summed E-state index contributed by atoms with van der Waals surface area (Å²) >= 11 is 1.13. The summed E-state index contributed by atoms with van der Waals surface area (Å²) in [6, 6.07) is 6.57. The molecular formula is C19H14F2N2O5S. The van der Waals surface area contributed by atoms with Crippen molar-refractivity contribution in [2.24, 2.45) is 4.99 Å². The summed E-state index contributed by atoms with van der Waals surface area (Å²) in [4.78, 5) is 28.2. The van der Waals surface area contributed by atoms with E-state index in [0.29, 0.717) is 21.7 Å². The predicted octanol–water partition coefficient (Wildman–Crippen LogP) is 3.01. The first kappa shape index (κ1) is 19.1. The van der Waals surface area contributed by atoms with E-state index in [9.17, 15) is 18.4 Å². The molecule has 0 unspecified atom stereocenters. The van der Waals surface area contributed by atoms with E-state index in [0.717, 1.165) is 23.5 Å². The van der Waals surface area contributed by atoms with Crippen LogP contribution in [0.5, 0.6) is 11.5 Å². The number of aryl methyl sites for hydroxylation is 1. The Morgan fingerprint density at radius 2 is 1.90 bits per heavy atom. The van der Waals surface area contributed by atoms with Crippen molar-refractivity contribution >= 4 is 33.4 Å². The fourth-order valence-corrected chi connectivity index (χ4v) is 3.98. The third-order valence-corrected chi connectivity index (χ3v) is 5.36. The lowest BCUT2D eigenvalue weighted by atomic mass is 10.2. The number of methoxy groups -OCH3 is 1. The first-order chi connectivity index (χ1) is 14.0. The Morgan fingerprint density at radius 3 is 2.59 bits per heavy atom. The predicted molar refractivity (Wildman–Crippen MR) is 98.8 cm³/mol. The SMILES string of the molecule is COC(=O)CCn1c(=NC(=O)c2c(F)cccc2F)sc2cc3c(cc21)OCO3. The average Bonchev–Trinajstić information content (AvgIpc) is 3.27. The second-order valence-corrected chi connectivity index (χ2v) is 7.06. The van der Waals surface area contributed by atoms with Gasteiger partial charge in [0.15, 0.2) is 16.3 Å². The van der Waals surface area contributed by atoms with Crippen molar-refractivity contribution < 1.29 is 32.6 Å². The molecule has 0 N–H and O–H groups in total. The molecule has 150 valence electrons. The van der Waals surface area contributed by atoms with Gasteiger partial charge < -0.3 is 18.8 Å². The van der Waals surface area contributed by atoms with Gasteiger partial charge in [-0.05, 0) is 12.1 Å². The number of amides is 1. The number of carbonyl (C=O) groups excluding carboxylic acids is 2. The molecule has 0 fully saturated rings. The molecule has 1 aromatic heterocycles. The molecule has 0 radical (unpaired) electrons. The lowest BCUT2D eigenvalue weighted by molar-refractivity contribution is -0.140. The second kappa shape index (κ2) is 7.63. The van der Waals surface area contributed by atoms with Crippen LogP contribution < -0.4 is 14.3 Å². The van der Waals surface area contributed by atoms with Gasteiger partial charge in [0.05, 0.1) is 23.7 Å². The third kappa shape index (κ3) is 3.58. The number of ether oxygens (including phenoxy) is 3. The lowest BCUT2D eigenvalue weighted by Crippen LogP contribution is -2.19. The Bertz CT molecular complexity index is 1180. The smallest absolute Gasteiger partial charge is 0.307 e. The molecule has 0 saturated heterocycles. The number of thiazole rings is 1. The van der Waals surface area contributed by atoms with E-state index in [2.05, 4.69) is 9.73 Å². The van der Waals surface area contributed by atoms with E-state index in [1.807, 2.05) is 0 Å². The molecule has 1 aliphatic rings. The molecule has 2 aromatic carbocycles. The van der Waals surface area contributed by atoms with Crippen LogP contribution in [0.4, 0.5) is 8.78 Å². The number of esters is 1. The molecule has 4 rings (SSSR count). The maximum atomic E-state index is 13.9.